The van der Waals surface area contributed by atoms with Gasteiger partial charge in [-0.2, -0.15) is 9.97 Å². The molecule has 4 aromatic heterocycles. The summed E-state index contributed by atoms with van der Waals surface area (Å²) >= 11 is 6.32. The SMILES string of the molecule is CCOc1cc(CN2CCC(C3CC(N(N)c4nc5cccnc5o4)CCN3c3nc4cccnc4o3)CC2)ccc1Cl. The summed E-state index contributed by atoms with van der Waals surface area (Å²) in [6.45, 7) is 6.15. The van der Waals surface area contributed by atoms with Crippen LogP contribution < -0.4 is 20.5 Å². The van der Waals surface area contributed by atoms with E-state index in [1.54, 1.807) is 17.4 Å². The van der Waals surface area contributed by atoms with Crippen LogP contribution in [0.4, 0.5) is 12.0 Å². The van der Waals surface area contributed by atoms with Crippen LogP contribution in [0.1, 0.15) is 38.2 Å². The number of likely N-dealkylation sites (tertiary alicyclic amines) is 1. The van der Waals surface area contributed by atoms with Gasteiger partial charge in [-0.05, 0) is 93.6 Å². The minimum absolute atomic E-state index is 0.0425. The van der Waals surface area contributed by atoms with E-state index in [0.29, 0.717) is 46.5 Å². The first-order valence-corrected chi connectivity index (χ1v) is 15.3. The van der Waals surface area contributed by atoms with Crippen molar-refractivity contribution >= 4 is 46.1 Å². The summed E-state index contributed by atoms with van der Waals surface area (Å²) in [4.78, 5) is 22.9. The number of hydrogen-bond donors (Lipinski definition) is 1. The number of oxazole rings is 2. The normalized spacial score (nSPS) is 20.2. The van der Waals surface area contributed by atoms with Crippen molar-refractivity contribution in [1.29, 1.82) is 0 Å². The molecular weight excluding hydrogens is 568 g/mol. The van der Waals surface area contributed by atoms with Gasteiger partial charge in [-0.3, -0.25) is 9.91 Å². The van der Waals surface area contributed by atoms with Gasteiger partial charge in [0, 0.05) is 31.5 Å². The Morgan fingerprint density at radius 1 is 0.977 bits per heavy atom. The molecule has 6 heterocycles. The standard InChI is InChI=1S/C31H35ClN8O3/c1-2-41-27-17-20(7-8-23(27)32)19-38-14-9-21(10-15-38)26-18-22(40(33)31-37-25-6-4-13-35-29(25)43-31)11-16-39(26)30-36-24-5-3-12-34-28(24)42-30/h3-8,12-13,17,21-22,26H,2,9-11,14-16,18-19,33H2,1H3. The maximum absolute atomic E-state index is 6.68. The van der Waals surface area contributed by atoms with Gasteiger partial charge in [0.05, 0.1) is 17.7 Å². The summed E-state index contributed by atoms with van der Waals surface area (Å²) in [5.41, 5.74) is 3.71. The Kier molecular flexibility index (Phi) is 7.77. The second-order valence-corrected chi connectivity index (χ2v) is 11.7. The molecular formula is C31H35ClN8O3. The van der Waals surface area contributed by atoms with E-state index >= 15 is 0 Å². The zero-order valence-corrected chi connectivity index (χ0v) is 24.9. The van der Waals surface area contributed by atoms with E-state index < -0.39 is 0 Å². The average molecular weight is 603 g/mol. The van der Waals surface area contributed by atoms with Gasteiger partial charge >= 0.3 is 6.01 Å². The number of rotatable bonds is 8. The van der Waals surface area contributed by atoms with Gasteiger partial charge in [-0.25, -0.2) is 15.8 Å². The number of piperidine rings is 2. The number of pyridine rings is 2. The summed E-state index contributed by atoms with van der Waals surface area (Å²) in [5, 5.41) is 2.33. The van der Waals surface area contributed by atoms with Crippen LogP contribution in [0.2, 0.25) is 5.02 Å². The lowest BCUT2D eigenvalue weighted by molar-refractivity contribution is 0.146. The summed E-state index contributed by atoms with van der Waals surface area (Å²) in [7, 11) is 0. The minimum atomic E-state index is 0.0425. The van der Waals surface area contributed by atoms with Crippen molar-refractivity contribution in [3.05, 3.63) is 65.4 Å². The number of hydrazine groups is 1. The molecule has 2 N–H and O–H groups in total. The highest BCUT2D eigenvalue weighted by Gasteiger charge is 2.40. The molecule has 1 aromatic carbocycles. The highest BCUT2D eigenvalue weighted by atomic mass is 35.5. The van der Waals surface area contributed by atoms with Crippen LogP contribution in [-0.4, -0.2) is 63.2 Å². The lowest BCUT2D eigenvalue weighted by atomic mass is 9.82. The Labute approximate surface area is 254 Å². The third-order valence-electron chi connectivity index (χ3n) is 8.67. The van der Waals surface area contributed by atoms with E-state index in [4.69, 9.17) is 36.0 Å². The van der Waals surface area contributed by atoms with E-state index in [1.807, 2.05) is 37.3 Å². The van der Waals surface area contributed by atoms with Gasteiger partial charge in [-0.1, -0.05) is 17.7 Å². The van der Waals surface area contributed by atoms with Crippen molar-refractivity contribution < 1.29 is 13.6 Å². The fourth-order valence-electron chi connectivity index (χ4n) is 6.49. The third-order valence-corrected chi connectivity index (χ3v) is 8.98. The number of nitrogens with two attached hydrogens (primary N) is 1. The quantitative estimate of drug-likeness (QED) is 0.180. The zero-order valence-electron chi connectivity index (χ0n) is 24.1. The molecule has 5 aromatic rings. The summed E-state index contributed by atoms with van der Waals surface area (Å²) in [6, 6.07) is 14.9. The van der Waals surface area contributed by atoms with Gasteiger partial charge in [0.25, 0.3) is 6.01 Å². The molecule has 11 nitrogen and oxygen atoms in total. The maximum atomic E-state index is 6.68. The number of halogens is 1. The molecule has 0 saturated carbocycles. The van der Waals surface area contributed by atoms with E-state index in [-0.39, 0.29) is 12.1 Å². The van der Waals surface area contributed by atoms with Crippen molar-refractivity contribution in [2.24, 2.45) is 11.8 Å². The molecule has 12 heteroatoms. The molecule has 2 atom stereocenters. The van der Waals surface area contributed by atoms with E-state index in [2.05, 4.69) is 36.9 Å². The van der Waals surface area contributed by atoms with E-state index in [9.17, 15) is 0 Å². The second-order valence-electron chi connectivity index (χ2n) is 11.3. The number of aromatic nitrogens is 4. The van der Waals surface area contributed by atoms with E-state index in [1.165, 1.54) is 5.56 Å². The first-order valence-electron chi connectivity index (χ1n) is 14.9. The van der Waals surface area contributed by atoms with Crippen molar-refractivity contribution in [3.63, 3.8) is 0 Å². The fraction of sp³-hybridized carbons (Fsp3) is 0.419. The third kappa shape index (κ3) is 5.72. The Bertz CT molecular complexity index is 1640. The Balaban J connectivity index is 1.09. The molecule has 43 heavy (non-hydrogen) atoms. The molecule has 0 radical (unpaired) electrons. The van der Waals surface area contributed by atoms with Crippen molar-refractivity contribution in [2.75, 3.05) is 36.1 Å². The van der Waals surface area contributed by atoms with Crippen molar-refractivity contribution in [3.8, 4) is 5.75 Å². The van der Waals surface area contributed by atoms with Crippen LogP contribution in [0, 0.1) is 5.92 Å². The predicted octanol–water partition coefficient (Wildman–Crippen LogP) is 5.44. The average Bonchev–Trinajstić information content (AvgIpc) is 3.67. The van der Waals surface area contributed by atoms with Crippen LogP contribution in [0.25, 0.3) is 22.5 Å². The molecule has 0 bridgehead atoms. The smallest absolute Gasteiger partial charge is 0.314 e. The van der Waals surface area contributed by atoms with Crippen LogP contribution >= 0.6 is 11.6 Å². The molecule has 2 saturated heterocycles. The number of ether oxygens (including phenoxy) is 1. The number of fused-ring (bicyclic) bond motifs is 2. The molecule has 0 amide bonds. The minimum Gasteiger partial charge on any atom is -0.492 e. The molecule has 0 spiro atoms. The Morgan fingerprint density at radius 3 is 2.44 bits per heavy atom. The summed E-state index contributed by atoms with van der Waals surface area (Å²) < 4.78 is 17.8. The van der Waals surface area contributed by atoms with E-state index in [0.717, 1.165) is 63.1 Å². The molecule has 2 aliphatic rings. The molecule has 7 rings (SSSR count). The van der Waals surface area contributed by atoms with Crippen LogP contribution in [0.3, 0.4) is 0 Å². The highest BCUT2D eigenvalue weighted by Crippen LogP contribution is 2.37. The zero-order chi connectivity index (χ0) is 29.3. The van der Waals surface area contributed by atoms with Crippen molar-refractivity contribution in [1.82, 2.24) is 24.8 Å². The second kappa shape index (κ2) is 12.0. The van der Waals surface area contributed by atoms with Crippen LogP contribution in [0.5, 0.6) is 5.75 Å². The number of benzene rings is 1. The highest BCUT2D eigenvalue weighted by molar-refractivity contribution is 6.32. The molecule has 224 valence electrons. The van der Waals surface area contributed by atoms with Gasteiger partial charge in [0.2, 0.25) is 11.4 Å². The lowest BCUT2D eigenvalue weighted by Crippen LogP contribution is -2.56. The molecule has 2 fully saturated rings. The predicted molar refractivity (Wildman–Crippen MR) is 165 cm³/mol. The molecule has 2 unspecified atom stereocenters. The van der Waals surface area contributed by atoms with Crippen molar-refractivity contribution in [2.45, 2.75) is 51.2 Å². The van der Waals surface area contributed by atoms with Gasteiger partial charge in [0.15, 0.2) is 0 Å². The number of hydrogen-bond acceptors (Lipinski definition) is 11. The molecule has 2 aliphatic heterocycles. The monoisotopic (exact) mass is 602 g/mol. The number of anilines is 2. The van der Waals surface area contributed by atoms with Crippen LogP contribution in [0.15, 0.2) is 63.7 Å². The summed E-state index contributed by atoms with van der Waals surface area (Å²) in [6.07, 6.45) is 7.16. The summed E-state index contributed by atoms with van der Waals surface area (Å²) in [5.74, 6) is 7.86. The van der Waals surface area contributed by atoms with Gasteiger partial charge < -0.3 is 18.5 Å². The molecule has 0 aliphatic carbocycles. The first-order chi connectivity index (χ1) is 21.1. The Morgan fingerprint density at radius 2 is 1.72 bits per heavy atom. The Hall–Kier alpha value is -3.93. The maximum Gasteiger partial charge on any atom is 0.314 e. The van der Waals surface area contributed by atoms with Gasteiger partial charge in [-0.15, -0.1) is 0 Å². The number of nitrogens with zero attached hydrogens (tertiary/aromatic N) is 7. The fourth-order valence-corrected chi connectivity index (χ4v) is 6.66. The lowest BCUT2D eigenvalue weighted by Gasteiger charge is -2.46. The topological polar surface area (TPSA) is 123 Å². The largest absolute Gasteiger partial charge is 0.492 e. The van der Waals surface area contributed by atoms with Gasteiger partial charge in [0.1, 0.15) is 16.8 Å². The van der Waals surface area contributed by atoms with Crippen LogP contribution in [-0.2, 0) is 6.54 Å². The first kappa shape index (κ1) is 27.9.